The minimum absolute atomic E-state index is 0.460. The van der Waals surface area contributed by atoms with Gasteiger partial charge in [0.25, 0.3) is 0 Å². The zero-order chi connectivity index (χ0) is 17.8. The highest BCUT2D eigenvalue weighted by Gasteiger charge is 2.20. The monoisotopic (exact) mass is 349 g/mol. The van der Waals surface area contributed by atoms with Crippen LogP contribution in [0.3, 0.4) is 0 Å². The molecule has 1 aromatic carbocycles. The van der Waals surface area contributed by atoms with Crippen LogP contribution in [-0.4, -0.2) is 44.1 Å². The van der Waals surface area contributed by atoms with Gasteiger partial charge in [-0.25, -0.2) is 9.67 Å². The van der Waals surface area contributed by atoms with Gasteiger partial charge in [0.2, 0.25) is 0 Å². The zero-order valence-corrected chi connectivity index (χ0v) is 14.9. The van der Waals surface area contributed by atoms with E-state index < -0.39 is 0 Å². The van der Waals surface area contributed by atoms with Crippen LogP contribution < -0.4 is 10.2 Å². The smallest absolute Gasteiger partial charge is 0.151 e. The topological polar surface area (TPSA) is 71.8 Å². The van der Waals surface area contributed by atoms with Gasteiger partial charge in [0.15, 0.2) is 5.82 Å². The number of hydrogen-bond donors (Lipinski definition) is 1. The summed E-state index contributed by atoms with van der Waals surface area (Å²) < 4.78 is 1.76. The predicted molar refractivity (Wildman–Crippen MR) is 100 cm³/mol. The van der Waals surface area contributed by atoms with Gasteiger partial charge in [-0.2, -0.15) is 10.2 Å². The average Bonchev–Trinajstić information content (AvgIpc) is 3.22. The number of nitrogens with zero attached hydrogens (tertiary/aromatic N) is 6. The Labute approximate surface area is 153 Å². The van der Waals surface area contributed by atoms with Gasteiger partial charge in [0.1, 0.15) is 12.7 Å². The van der Waals surface area contributed by atoms with Gasteiger partial charge in [-0.05, 0) is 49.6 Å². The van der Waals surface area contributed by atoms with Crippen LogP contribution in [0.5, 0.6) is 0 Å². The lowest BCUT2D eigenvalue weighted by Crippen LogP contribution is -2.45. The number of nitrogens with one attached hydrogen (secondary N) is 1. The Morgan fingerprint density at radius 2 is 2.00 bits per heavy atom. The van der Waals surface area contributed by atoms with Crippen molar-refractivity contribution in [1.82, 2.24) is 30.3 Å². The van der Waals surface area contributed by atoms with Gasteiger partial charge >= 0.3 is 0 Å². The highest BCUT2D eigenvalue weighted by molar-refractivity contribution is 5.38. The number of hydrogen-bond acceptors (Lipinski definition) is 6. The predicted octanol–water partition coefficient (Wildman–Crippen LogP) is 2.12. The molecule has 3 aromatic rings. The van der Waals surface area contributed by atoms with Crippen molar-refractivity contribution in [3.8, 4) is 5.69 Å². The molecule has 0 spiro atoms. The number of rotatable bonds is 5. The maximum Gasteiger partial charge on any atom is 0.151 e. The molecule has 0 bridgehead atoms. The number of aryl methyl sites for hydroxylation is 1. The largest absolute Gasteiger partial charge is 0.354 e. The first kappa shape index (κ1) is 16.7. The van der Waals surface area contributed by atoms with Gasteiger partial charge in [0.05, 0.1) is 11.4 Å². The number of aromatic nitrogens is 5. The molecule has 26 heavy (non-hydrogen) atoms. The third-order valence-corrected chi connectivity index (χ3v) is 4.74. The molecule has 4 rings (SSSR count). The average molecular weight is 349 g/mol. The summed E-state index contributed by atoms with van der Waals surface area (Å²) in [5.74, 6) is 0.972. The minimum atomic E-state index is 0.460. The van der Waals surface area contributed by atoms with Crippen LogP contribution in [0.15, 0.2) is 49.1 Å². The Morgan fingerprint density at radius 3 is 2.73 bits per heavy atom. The van der Waals surface area contributed by atoms with E-state index in [9.17, 15) is 0 Å². The van der Waals surface area contributed by atoms with Crippen molar-refractivity contribution in [3.05, 3.63) is 60.3 Å². The molecule has 1 N–H and O–H groups in total. The summed E-state index contributed by atoms with van der Waals surface area (Å²) >= 11 is 0. The van der Waals surface area contributed by atoms with Gasteiger partial charge < -0.3 is 10.2 Å². The second-order valence-corrected chi connectivity index (χ2v) is 6.71. The molecule has 0 saturated carbocycles. The molecule has 2 aromatic heterocycles. The van der Waals surface area contributed by atoms with Crippen LogP contribution >= 0.6 is 0 Å². The summed E-state index contributed by atoms with van der Waals surface area (Å²) in [4.78, 5) is 6.30. The normalized spacial score (nSPS) is 17.4. The van der Waals surface area contributed by atoms with E-state index in [-0.39, 0.29) is 0 Å². The highest BCUT2D eigenvalue weighted by Crippen LogP contribution is 2.18. The fraction of sp³-hybridized carbons (Fsp3) is 0.368. The van der Waals surface area contributed by atoms with Crippen LogP contribution in [0.2, 0.25) is 0 Å². The lowest BCUT2D eigenvalue weighted by Gasteiger charge is -2.33. The summed E-state index contributed by atoms with van der Waals surface area (Å²) in [7, 11) is 0. The summed E-state index contributed by atoms with van der Waals surface area (Å²) in [5, 5.41) is 16.3. The molecule has 0 unspecified atom stereocenters. The third-order valence-electron chi connectivity index (χ3n) is 4.74. The van der Waals surface area contributed by atoms with E-state index in [1.165, 1.54) is 18.4 Å². The number of benzene rings is 1. The molecular formula is C19H23N7. The Bertz CT molecular complexity index is 812. The molecule has 134 valence electrons. The van der Waals surface area contributed by atoms with Crippen molar-refractivity contribution in [2.24, 2.45) is 0 Å². The minimum Gasteiger partial charge on any atom is -0.354 e. The first-order chi connectivity index (χ1) is 12.8. The van der Waals surface area contributed by atoms with Gasteiger partial charge in [0, 0.05) is 25.7 Å². The fourth-order valence-electron chi connectivity index (χ4n) is 3.28. The third kappa shape index (κ3) is 3.88. The first-order valence-electron chi connectivity index (χ1n) is 9.00. The van der Waals surface area contributed by atoms with E-state index >= 15 is 0 Å². The summed E-state index contributed by atoms with van der Waals surface area (Å²) in [6.07, 6.45) is 5.60. The number of piperidine rings is 1. The molecule has 0 aliphatic carbocycles. The molecular weight excluding hydrogens is 326 g/mol. The van der Waals surface area contributed by atoms with E-state index in [2.05, 4.69) is 60.8 Å². The molecule has 1 aliphatic rings. The van der Waals surface area contributed by atoms with E-state index in [1.807, 2.05) is 13.0 Å². The van der Waals surface area contributed by atoms with Crippen molar-refractivity contribution in [3.63, 3.8) is 0 Å². The SMILES string of the molecule is Cc1ccc(N2CCC[C@H](NCc3ccc(-n4cncn4)cc3)C2)nn1. The summed E-state index contributed by atoms with van der Waals surface area (Å²) in [5.41, 5.74) is 3.24. The van der Waals surface area contributed by atoms with Crippen LogP contribution in [-0.2, 0) is 6.54 Å². The Kier molecular flexibility index (Phi) is 4.88. The van der Waals surface area contributed by atoms with Crippen molar-refractivity contribution < 1.29 is 0 Å². The Balaban J connectivity index is 1.33. The van der Waals surface area contributed by atoms with E-state index in [4.69, 9.17) is 0 Å². The maximum atomic E-state index is 4.32. The summed E-state index contributed by atoms with van der Waals surface area (Å²) in [6, 6.07) is 13.0. The molecule has 1 fully saturated rings. The van der Waals surface area contributed by atoms with Crippen molar-refractivity contribution in [1.29, 1.82) is 0 Å². The Morgan fingerprint density at radius 1 is 1.12 bits per heavy atom. The molecule has 7 nitrogen and oxygen atoms in total. The van der Waals surface area contributed by atoms with Crippen LogP contribution in [0.1, 0.15) is 24.1 Å². The van der Waals surface area contributed by atoms with E-state index in [1.54, 1.807) is 17.3 Å². The molecule has 3 heterocycles. The second kappa shape index (κ2) is 7.61. The molecule has 0 amide bonds. The van der Waals surface area contributed by atoms with E-state index in [0.29, 0.717) is 6.04 Å². The van der Waals surface area contributed by atoms with Crippen LogP contribution in [0.25, 0.3) is 5.69 Å². The lowest BCUT2D eigenvalue weighted by atomic mass is 10.1. The Hall–Kier alpha value is -2.80. The van der Waals surface area contributed by atoms with Crippen LogP contribution in [0, 0.1) is 6.92 Å². The molecule has 0 radical (unpaired) electrons. The molecule has 1 saturated heterocycles. The molecule has 1 aliphatic heterocycles. The van der Waals surface area contributed by atoms with Gasteiger partial charge in [-0.15, -0.1) is 5.10 Å². The van der Waals surface area contributed by atoms with Crippen LogP contribution in [0.4, 0.5) is 5.82 Å². The quantitative estimate of drug-likeness (QED) is 0.761. The highest BCUT2D eigenvalue weighted by atomic mass is 15.3. The maximum absolute atomic E-state index is 4.32. The van der Waals surface area contributed by atoms with Gasteiger partial charge in [-0.3, -0.25) is 0 Å². The lowest BCUT2D eigenvalue weighted by molar-refractivity contribution is 0.419. The second-order valence-electron chi connectivity index (χ2n) is 6.71. The first-order valence-corrected chi connectivity index (χ1v) is 9.00. The van der Waals surface area contributed by atoms with Gasteiger partial charge in [-0.1, -0.05) is 12.1 Å². The zero-order valence-electron chi connectivity index (χ0n) is 14.9. The standard InChI is InChI=1S/C19H23N7/c1-15-4-9-19(24-23-15)25-10-2-3-17(12-25)21-11-16-5-7-18(8-6-16)26-14-20-13-22-26/h4-9,13-14,17,21H,2-3,10-12H2,1H3/t17-/m0/s1. The van der Waals surface area contributed by atoms with Crippen molar-refractivity contribution in [2.45, 2.75) is 32.4 Å². The fourth-order valence-corrected chi connectivity index (χ4v) is 3.28. The van der Waals surface area contributed by atoms with E-state index in [0.717, 1.165) is 36.8 Å². The van der Waals surface area contributed by atoms with Crippen molar-refractivity contribution in [2.75, 3.05) is 18.0 Å². The summed E-state index contributed by atoms with van der Waals surface area (Å²) in [6.45, 7) is 4.83. The molecule has 1 atom stereocenters. The van der Waals surface area contributed by atoms with Crippen molar-refractivity contribution >= 4 is 5.82 Å². The number of anilines is 1. The molecule has 7 heteroatoms.